The lowest BCUT2D eigenvalue weighted by Gasteiger charge is -2.40. The number of hydrogen-bond donors (Lipinski definition) is 2. The van der Waals surface area contributed by atoms with E-state index in [-0.39, 0.29) is 16.4 Å². The maximum Gasteiger partial charge on any atom is 0.251 e. The Morgan fingerprint density at radius 1 is 1.19 bits per heavy atom. The van der Waals surface area contributed by atoms with Gasteiger partial charge in [0.15, 0.2) is 5.78 Å². The molecule has 0 fully saturated rings. The quantitative estimate of drug-likeness (QED) is 0.796. The predicted octanol–water partition coefficient (Wildman–Crippen LogP) is 3.92. The maximum absolute atomic E-state index is 12.7. The minimum absolute atomic E-state index is 0.233. The highest BCUT2D eigenvalue weighted by Gasteiger charge is 2.47. The van der Waals surface area contributed by atoms with Crippen LogP contribution in [0.2, 0.25) is 10.0 Å². The molecule has 0 spiro atoms. The van der Waals surface area contributed by atoms with Gasteiger partial charge < -0.3 is 10.4 Å². The van der Waals surface area contributed by atoms with E-state index in [1.54, 1.807) is 26.0 Å². The number of nitrogens with zero attached hydrogens (tertiary/aromatic N) is 1. The third-order valence-corrected chi connectivity index (χ3v) is 5.61. The van der Waals surface area contributed by atoms with E-state index in [1.807, 2.05) is 6.07 Å². The fourth-order valence-corrected chi connectivity index (χ4v) is 3.48. The number of benzene rings is 2. The Morgan fingerprint density at radius 3 is 2.52 bits per heavy atom. The standard InChI is InChI=1S/C20H16Cl2N2O3/c1-20(2)17(25)12-5-3-10(9-23)7-13(12)16(18(20)26)24-19(27)11-4-6-14(21)15(22)8-11/h3-8,16,18,26H,1-2H3,(H,24,27)/t16-,18+/m1/s1. The number of carbonyl (C=O) groups is 2. The molecule has 0 bridgehead atoms. The lowest BCUT2D eigenvalue weighted by molar-refractivity contribution is 0.0129. The first-order chi connectivity index (χ1) is 12.7. The van der Waals surface area contributed by atoms with Crippen LogP contribution >= 0.6 is 23.2 Å². The van der Waals surface area contributed by atoms with E-state index in [4.69, 9.17) is 28.5 Å². The van der Waals surface area contributed by atoms with Crippen molar-refractivity contribution in [3.05, 3.63) is 68.7 Å². The van der Waals surface area contributed by atoms with Crippen LogP contribution in [0.5, 0.6) is 0 Å². The van der Waals surface area contributed by atoms with E-state index in [1.165, 1.54) is 24.3 Å². The average molecular weight is 403 g/mol. The summed E-state index contributed by atoms with van der Waals surface area (Å²) in [6, 6.07) is 10.2. The Labute approximate surface area is 166 Å². The van der Waals surface area contributed by atoms with Gasteiger partial charge in [-0.3, -0.25) is 9.59 Å². The van der Waals surface area contributed by atoms with Gasteiger partial charge in [0.2, 0.25) is 0 Å². The first-order valence-corrected chi connectivity index (χ1v) is 8.95. The van der Waals surface area contributed by atoms with E-state index in [0.717, 1.165) is 0 Å². The van der Waals surface area contributed by atoms with Crippen LogP contribution in [0.25, 0.3) is 0 Å². The third-order valence-electron chi connectivity index (χ3n) is 4.87. The highest BCUT2D eigenvalue weighted by Crippen LogP contribution is 2.41. The number of aliphatic hydroxyl groups excluding tert-OH is 1. The molecule has 2 aromatic carbocycles. The smallest absolute Gasteiger partial charge is 0.251 e. The van der Waals surface area contributed by atoms with Crippen LogP contribution in [0.1, 0.15) is 51.7 Å². The molecule has 1 aliphatic carbocycles. The number of aliphatic hydroxyl groups is 1. The molecule has 5 nitrogen and oxygen atoms in total. The van der Waals surface area contributed by atoms with Crippen molar-refractivity contribution in [1.82, 2.24) is 5.32 Å². The second-order valence-corrected chi connectivity index (χ2v) is 7.80. The lowest BCUT2D eigenvalue weighted by atomic mass is 9.68. The SMILES string of the molecule is CC1(C)C(=O)c2ccc(C#N)cc2[C@@H](NC(=O)c2ccc(Cl)c(Cl)c2)[C@@H]1O. The van der Waals surface area contributed by atoms with Crippen molar-refractivity contribution in [3.63, 3.8) is 0 Å². The van der Waals surface area contributed by atoms with Crippen LogP contribution < -0.4 is 5.32 Å². The predicted molar refractivity (Wildman–Crippen MR) is 102 cm³/mol. The number of rotatable bonds is 2. The Morgan fingerprint density at radius 2 is 1.89 bits per heavy atom. The molecule has 0 radical (unpaired) electrons. The number of halogens is 2. The fraction of sp³-hybridized carbons (Fsp3) is 0.250. The van der Waals surface area contributed by atoms with Crippen LogP contribution in [0.3, 0.4) is 0 Å². The van der Waals surface area contributed by atoms with Gasteiger partial charge in [0.1, 0.15) is 0 Å². The van der Waals surface area contributed by atoms with Crippen LogP contribution in [-0.2, 0) is 0 Å². The summed E-state index contributed by atoms with van der Waals surface area (Å²) in [6.45, 7) is 3.25. The highest BCUT2D eigenvalue weighted by atomic mass is 35.5. The maximum atomic E-state index is 12.7. The Bertz CT molecular complexity index is 995. The van der Waals surface area contributed by atoms with Crippen molar-refractivity contribution in [2.75, 3.05) is 0 Å². The number of ketones is 1. The van der Waals surface area contributed by atoms with Crippen molar-refractivity contribution >= 4 is 34.9 Å². The normalized spacial score (nSPS) is 20.5. The second-order valence-electron chi connectivity index (χ2n) is 6.99. The number of fused-ring (bicyclic) bond motifs is 1. The summed E-state index contributed by atoms with van der Waals surface area (Å²) in [5.41, 5.74) is 0.297. The molecule has 0 aliphatic heterocycles. The largest absolute Gasteiger partial charge is 0.390 e. The number of amides is 1. The summed E-state index contributed by atoms with van der Waals surface area (Å²) < 4.78 is 0. The minimum atomic E-state index is -1.17. The van der Waals surface area contributed by atoms with Gasteiger partial charge >= 0.3 is 0 Å². The highest BCUT2D eigenvalue weighted by molar-refractivity contribution is 6.42. The Balaban J connectivity index is 2.04. The van der Waals surface area contributed by atoms with Gasteiger partial charge in [-0.1, -0.05) is 23.2 Å². The van der Waals surface area contributed by atoms with Crippen LogP contribution in [-0.4, -0.2) is 22.9 Å². The van der Waals surface area contributed by atoms with E-state index < -0.39 is 23.5 Å². The van der Waals surface area contributed by atoms with Crippen molar-refractivity contribution in [2.24, 2.45) is 5.41 Å². The molecule has 2 N–H and O–H groups in total. The topological polar surface area (TPSA) is 90.2 Å². The number of nitrogens with one attached hydrogen (secondary N) is 1. The molecule has 1 aliphatic rings. The molecule has 2 aromatic rings. The molecule has 27 heavy (non-hydrogen) atoms. The number of carbonyl (C=O) groups excluding carboxylic acids is 2. The first-order valence-electron chi connectivity index (χ1n) is 8.19. The van der Waals surface area contributed by atoms with Gasteiger partial charge in [0, 0.05) is 11.1 Å². The zero-order valence-corrected chi connectivity index (χ0v) is 16.1. The van der Waals surface area contributed by atoms with E-state index in [2.05, 4.69) is 5.32 Å². The van der Waals surface area contributed by atoms with Crippen molar-refractivity contribution < 1.29 is 14.7 Å². The Hall–Kier alpha value is -2.39. The molecule has 1 amide bonds. The van der Waals surface area contributed by atoms with Gasteiger partial charge in [-0.2, -0.15) is 5.26 Å². The summed E-state index contributed by atoms with van der Waals surface area (Å²) in [5.74, 6) is -0.717. The molecule has 0 heterocycles. The van der Waals surface area contributed by atoms with Crippen molar-refractivity contribution in [2.45, 2.75) is 26.0 Å². The number of Topliss-reactive ketones (excluding diaryl/α,β-unsaturated/α-hetero) is 1. The van der Waals surface area contributed by atoms with Gasteiger partial charge in [-0.25, -0.2) is 0 Å². The molecule has 0 aromatic heterocycles. The molecule has 138 valence electrons. The summed E-state index contributed by atoms with van der Waals surface area (Å²) in [4.78, 5) is 25.4. The fourth-order valence-electron chi connectivity index (χ4n) is 3.18. The first kappa shape index (κ1) is 19.4. The summed E-state index contributed by atoms with van der Waals surface area (Å²) in [6.07, 6.45) is -1.17. The van der Waals surface area contributed by atoms with Gasteiger partial charge in [0.25, 0.3) is 5.91 Å². The van der Waals surface area contributed by atoms with E-state index in [0.29, 0.717) is 21.7 Å². The van der Waals surface area contributed by atoms with Gasteiger partial charge in [-0.05, 0) is 55.8 Å². The van der Waals surface area contributed by atoms with Gasteiger partial charge in [-0.15, -0.1) is 0 Å². The molecule has 0 saturated carbocycles. The average Bonchev–Trinajstić information content (AvgIpc) is 2.65. The van der Waals surface area contributed by atoms with E-state index in [9.17, 15) is 14.7 Å². The summed E-state index contributed by atoms with van der Waals surface area (Å²) in [7, 11) is 0. The Kier molecular flexibility index (Phi) is 5.00. The number of nitriles is 1. The zero-order chi connectivity index (χ0) is 19.9. The van der Waals surface area contributed by atoms with Gasteiger partial charge in [0.05, 0.1) is 39.2 Å². The molecular formula is C20H16Cl2N2O3. The third kappa shape index (κ3) is 3.32. The molecular weight excluding hydrogens is 387 g/mol. The lowest BCUT2D eigenvalue weighted by Crippen LogP contribution is -2.51. The van der Waals surface area contributed by atoms with Crippen LogP contribution in [0.4, 0.5) is 0 Å². The molecule has 2 atom stereocenters. The summed E-state index contributed by atoms with van der Waals surface area (Å²) in [5, 5.41) is 23.3. The molecule has 7 heteroatoms. The molecule has 3 rings (SSSR count). The van der Waals surface area contributed by atoms with Crippen LogP contribution in [0.15, 0.2) is 36.4 Å². The minimum Gasteiger partial charge on any atom is -0.390 e. The van der Waals surface area contributed by atoms with Crippen molar-refractivity contribution in [1.29, 1.82) is 5.26 Å². The monoisotopic (exact) mass is 402 g/mol. The second kappa shape index (κ2) is 6.97. The molecule has 0 unspecified atom stereocenters. The number of hydrogen-bond acceptors (Lipinski definition) is 4. The van der Waals surface area contributed by atoms with E-state index >= 15 is 0 Å². The van der Waals surface area contributed by atoms with Crippen molar-refractivity contribution in [3.8, 4) is 6.07 Å². The summed E-state index contributed by atoms with van der Waals surface area (Å²) >= 11 is 11.9. The zero-order valence-electron chi connectivity index (χ0n) is 14.6. The van der Waals surface area contributed by atoms with Crippen LogP contribution in [0, 0.1) is 16.7 Å². The molecule has 0 saturated heterocycles.